The largest absolute Gasteiger partial charge is 0.480 e. The summed E-state index contributed by atoms with van der Waals surface area (Å²) in [6, 6.07) is -0.752. The van der Waals surface area contributed by atoms with Gasteiger partial charge in [-0.3, -0.25) is 0 Å². The van der Waals surface area contributed by atoms with Gasteiger partial charge in [-0.15, -0.1) is 11.8 Å². The van der Waals surface area contributed by atoms with Crippen LogP contribution in [0.1, 0.15) is 20.8 Å². The second kappa shape index (κ2) is 5.43. The first-order valence-electron chi connectivity index (χ1n) is 5.36. The van der Waals surface area contributed by atoms with E-state index in [-0.39, 0.29) is 12.1 Å². The van der Waals surface area contributed by atoms with Gasteiger partial charge in [-0.1, -0.05) is 0 Å². The van der Waals surface area contributed by atoms with E-state index < -0.39 is 12.0 Å². The van der Waals surface area contributed by atoms with Gasteiger partial charge in [-0.2, -0.15) is 0 Å². The summed E-state index contributed by atoms with van der Waals surface area (Å²) in [5.41, 5.74) is 0. The van der Waals surface area contributed by atoms with Crippen LogP contribution in [0, 0.1) is 0 Å². The maximum atomic E-state index is 12.1. The Bertz CT molecular complexity index is 283. The molecule has 1 heterocycles. The van der Waals surface area contributed by atoms with Crippen molar-refractivity contribution in [2.45, 2.75) is 32.9 Å². The average Bonchev–Trinajstić information content (AvgIpc) is 2.65. The van der Waals surface area contributed by atoms with E-state index in [0.29, 0.717) is 18.2 Å². The molecular weight excluding hydrogens is 228 g/mol. The second-order valence-electron chi connectivity index (χ2n) is 3.99. The van der Waals surface area contributed by atoms with Gasteiger partial charge in [0.25, 0.3) is 0 Å². The van der Waals surface area contributed by atoms with Crippen LogP contribution in [0.4, 0.5) is 4.79 Å². The van der Waals surface area contributed by atoms with E-state index in [1.54, 1.807) is 4.90 Å². The molecule has 1 unspecified atom stereocenters. The Kier molecular flexibility index (Phi) is 4.46. The lowest BCUT2D eigenvalue weighted by Crippen LogP contribution is -2.50. The van der Waals surface area contributed by atoms with Crippen molar-refractivity contribution in [2.24, 2.45) is 0 Å². The third-order valence-electron chi connectivity index (χ3n) is 2.62. The highest BCUT2D eigenvalue weighted by molar-refractivity contribution is 7.99. The summed E-state index contributed by atoms with van der Waals surface area (Å²) in [6.07, 6.45) is 0. The summed E-state index contributed by atoms with van der Waals surface area (Å²) < 4.78 is 0. The Labute approximate surface area is 99.8 Å². The highest BCUT2D eigenvalue weighted by Gasteiger charge is 2.36. The van der Waals surface area contributed by atoms with E-state index >= 15 is 0 Å². The summed E-state index contributed by atoms with van der Waals surface area (Å²) >= 11 is 1.48. The van der Waals surface area contributed by atoms with Crippen molar-refractivity contribution in [1.29, 1.82) is 0 Å². The first-order valence-corrected chi connectivity index (χ1v) is 6.52. The molecule has 0 saturated carbocycles. The molecule has 1 aliphatic rings. The minimum atomic E-state index is -0.918. The number of hydrogen-bond donors (Lipinski definition) is 1. The smallest absolute Gasteiger partial charge is 0.327 e. The Morgan fingerprint density at radius 3 is 2.62 bits per heavy atom. The zero-order valence-electron chi connectivity index (χ0n) is 9.84. The molecule has 0 bridgehead atoms. The number of carbonyl (C=O) groups excluding carboxylic acids is 1. The summed E-state index contributed by atoms with van der Waals surface area (Å²) in [7, 11) is 0. The molecule has 1 rings (SSSR count). The van der Waals surface area contributed by atoms with Crippen molar-refractivity contribution in [3.63, 3.8) is 0 Å². The number of urea groups is 1. The van der Waals surface area contributed by atoms with E-state index in [9.17, 15) is 9.59 Å². The molecule has 2 amide bonds. The molecule has 0 aromatic heterocycles. The number of rotatable bonds is 3. The summed E-state index contributed by atoms with van der Waals surface area (Å²) in [5, 5.41) is 9.00. The van der Waals surface area contributed by atoms with Gasteiger partial charge in [-0.05, 0) is 20.8 Å². The van der Waals surface area contributed by atoms with Crippen molar-refractivity contribution in [2.75, 3.05) is 18.2 Å². The van der Waals surface area contributed by atoms with Crippen LogP contribution in [0.25, 0.3) is 0 Å². The third kappa shape index (κ3) is 2.61. The Hall–Kier alpha value is -0.910. The fraction of sp³-hybridized carbons (Fsp3) is 0.800. The normalized spacial score (nSPS) is 20.2. The number of amides is 2. The van der Waals surface area contributed by atoms with Crippen LogP contribution < -0.4 is 0 Å². The van der Waals surface area contributed by atoms with Crippen LogP contribution in [0.5, 0.6) is 0 Å². The SMILES string of the molecule is CCN(C(=O)N1CSCC1C(=O)O)C(C)C. The lowest BCUT2D eigenvalue weighted by Gasteiger charge is -2.31. The van der Waals surface area contributed by atoms with Crippen molar-refractivity contribution in [1.82, 2.24) is 9.80 Å². The van der Waals surface area contributed by atoms with Crippen LogP contribution in [-0.2, 0) is 4.79 Å². The molecular formula is C10H18N2O3S. The van der Waals surface area contributed by atoms with Crippen molar-refractivity contribution in [3.05, 3.63) is 0 Å². The predicted molar refractivity (Wildman–Crippen MR) is 63.5 cm³/mol. The fourth-order valence-electron chi connectivity index (χ4n) is 1.72. The monoisotopic (exact) mass is 246 g/mol. The van der Waals surface area contributed by atoms with Gasteiger partial charge in [0.2, 0.25) is 0 Å². The topological polar surface area (TPSA) is 60.9 Å². The van der Waals surface area contributed by atoms with Crippen LogP contribution in [0.3, 0.4) is 0 Å². The highest BCUT2D eigenvalue weighted by Crippen LogP contribution is 2.23. The standard InChI is InChI=1S/C10H18N2O3S/c1-4-11(7(2)3)10(15)12-6-16-5-8(12)9(13)14/h7-8H,4-6H2,1-3H3,(H,13,14). The minimum Gasteiger partial charge on any atom is -0.480 e. The molecule has 0 aliphatic carbocycles. The number of hydrogen-bond acceptors (Lipinski definition) is 3. The number of thioether (sulfide) groups is 1. The average molecular weight is 246 g/mol. The van der Waals surface area contributed by atoms with Crippen LogP contribution in [-0.4, -0.2) is 57.2 Å². The van der Waals surface area contributed by atoms with E-state index in [2.05, 4.69) is 0 Å². The van der Waals surface area contributed by atoms with Crippen molar-refractivity contribution < 1.29 is 14.7 Å². The molecule has 0 aromatic rings. The minimum absolute atomic E-state index is 0.0949. The predicted octanol–water partition coefficient (Wildman–Crippen LogP) is 1.30. The molecule has 5 nitrogen and oxygen atoms in total. The van der Waals surface area contributed by atoms with E-state index in [1.165, 1.54) is 16.7 Å². The highest BCUT2D eigenvalue weighted by atomic mass is 32.2. The molecule has 16 heavy (non-hydrogen) atoms. The number of carbonyl (C=O) groups is 2. The van der Waals surface area contributed by atoms with Gasteiger partial charge >= 0.3 is 12.0 Å². The van der Waals surface area contributed by atoms with E-state index in [0.717, 1.165) is 0 Å². The van der Waals surface area contributed by atoms with Crippen molar-refractivity contribution in [3.8, 4) is 0 Å². The Morgan fingerprint density at radius 2 is 2.19 bits per heavy atom. The van der Waals surface area contributed by atoms with Gasteiger partial charge in [0.15, 0.2) is 0 Å². The molecule has 1 atom stereocenters. The number of carboxylic acid groups (broad SMARTS) is 1. The van der Waals surface area contributed by atoms with Crippen LogP contribution >= 0.6 is 11.8 Å². The third-order valence-corrected chi connectivity index (χ3v) is 3.63. The molecule has 1 saturated heterocycles. The van der Waals surface area contributed by atoms with E-state index in [1.807, 2.05) is 20.8 Å². The molecule has 1 fully saturated rings. The van der Waals surface area contributed by atoms with Crippen molar-refractivity contribution >= 4 is 23.8 Å². The molecule has 1 N–H and O–H groups in total. The second-order valence-corrected chi connectivity index (χ2v) is 4.99. The lowest BCUT2D eigenvalue weighted by molar-refractivity contribution is -0.141. The molecule has 0 spiro atoms. The van der Waals surface area contributed by atoms with Crippen LogP contribution in [0.15, 0.2) is 0 Å². The first kappa shape index (κ1) is 13.2. The maximum absolute atomic E-state index is 12.1. The van der Waals surface area contributed by atoms with Gasteiger partial charge < -0.3 is 14.9 Å². The zero-order chi connectivity index (χ0) is 12.3. The molecule has 0 radical (unpaired) electrons. The molecule has 0 aromatic carbocycles. The molecule has 6 heteroatoms. The number of aliphatic carboxylic acids is 1. The van der Waals surface area contributed by atoms with Gasteiger partial charge in [0.05, 0.1) is 5.88 Å². The lowest BCUT2D eigenvalue weighted by atomic mass is 10.3. The summed E-state index contributed by atoms with van der Waals surface area (Å²) in [6.45, 7) is 6.36. The van der Waals surface area contributed by atoms with Crippen LogP contribution in [0.2, 0.25) is 0 Å². The Morgan fingerprint density at radius 1 is 1.56 bits per heavy atom. The first-order chi connectivity index (χ1) is 7.49. The Balaban J connectivity index is 2.75. The van der Waals surface area contributed by atoms with Gasteiger partial charge in [-0.25, -0.2) is 9.59 Å². The fourth-order valence-corrected chi connectivity index (χ4v) is 2.86. The molecule has 1 aliphatic heterocycles. The number of nitrogens with zero attached hydrogens (tertiary/aromatic N) is 2. The van der Waals surface area contributed by atoms with Gasteiger partial charge in [0, 0.05) is 18.3 Å². The van der Waals surface area contributed by atoms with E-state index in [4.69, 9.17) is 5.11 Å². The van der Waals surface area contributed by atoms with Gasteiger partial charge in [0.1, 0.15) is 6.04 Å². The number of carboxylic acids is 1. The zero-order valence-corrected chi connectivity index (χ0v) is 10.7. The molecule has 92 valence electrons. The summed E-state index contributed by atoms with van der Waals surface area (Å²) in [5.74, 6) is 0.0357. The quantitative estimate of drug-likeness (QED) is 0.815. The maximum Gasteiger partial charge on any atom is 0.327 e. The summed E-state index contributed by atoms with van der Waals surface area (Å²) in [4.78, 5) is 26.2.